The van der Waals surface area contributed by atoms with Gasteiger partial charge < -0.3 is 15.0 Å². The number of nitrogens with one attached hydrogen (secondary N) is 2. The Morgan fingerprint density at radius 2 is 1.95 bits per heavy atom. The van der Waals surface area contributed by atoms with Crippen LogP contribution >= 0.6 is 0 Å². The smallest absolute Gasteiger partial charge is 0.331 e. The minimum Gasteiger partial charge on any atom is -0.478 e. The minimum atomic E-state index is -1.20. The number of nitrogens with zero attached hydrogens (tertiary/aromatic N) is 2. The molecule has 0 aromatic carbocycles. The second kappa shape index (κ2) is 7.22. The number of carbonyl (C=O) groups is 3. The van der Waals surface area contributed by atoms with Gasteiger partial charge in [0, 0.05) is 43.6 Å². The van der Waals surface area contributed by atoms with Gasteiger partial charge in [-0.05, 0) is 13.8 Å². The number of rotatable bonds is 5. The molecule has 0 spiro atoms. The predicted octanol–water partition coefficient (Wildman–Crippen LogP) is 0.209. The van der Waals surface area contributed by atoms with Crippen LogP contribution < -0.4 is 10.6 Å². The van der Waals surface area contributed by atoms with E-state index >= 15 is 0 Å². The van der Waals surface area contributed by atoms with E-state index in [-0.39, 0.29) is 11.1 Å². The summed E-state index contributed by atoms with van der Waals surface area (Å²) in [6.45, 7) is 2.96. The second-order valence-electron chi connectivity index (χ2n) is 4.47. The van der Waals surface area contributed by atoms with Crippen LogP contribution in [0.25, 0.3) is 0 Å². The second-order valence-corrected chi connectivity index (χ2v) is 4.47. The molecule has 0 radical (unpaired) electrons. The number of amides is 3. The summed E-state index contributed by atoms with van der Waals surface area (Å²) >= 11 is 0. The summed E-state index contributed by atoms with van der Waals surface area (Å²) in [7, 11) is 1.84. The number of aliphatic carboxylic acids is 1. The summed E-state index contributed by atoms with van der Waals surface area (Å²) in [5.41, 5.74) is -0.116. The molecule has 0 aliphatic carbocycles. The Morgan fingerprint density at radius 3 is 2.48 bits per heavy atom. The van der Waals surface area contributed by atoms with E-state index < -0.39 is 17.9 Å². The van der Waals surface area contributed by atoms with Crippen LogP contribution in [0, 0.1) is 0 Å². The van der Waals surface area contributed by atoms with E-state index in [2.05, 4.69) is 15.6 Å². The van der Waals surface area contributed by atoms with Gasteiger partial charge in [0.2, 0.25) is 0 Å². The first-order chi connectivity index (χ1) is 9.82. The molecule has 8 nitrogen and oxygen atoms in total. The minimum absolute atomic E-state index is 0.0123. The van der Waals surface area contributed by atoms with Crippen LogP contribution in [0.5, 0.6) is 0 Å². The van der Waals surface area contributed by atoms with Crippen molar-refractivity contribution in [2.24, 2.45) is 7.05 Å². The highest BCUT2D eigenvalue weighted by atomic mass is 16.4. The molecule has 0 atom stereocenters. The Morgan fingerprint density at radius 1 is 1.29 bits per heavy atom. The zero-order valence-corrected chi connectivity index (χ0v) is 12.1. The zero-order valence-electron chi connectivity index (χ0n) is 12.1. The predicted molar refractivity (Wildman–Crippen MR) is 74.5 cm³/mol. The van der Waals surface area contributed by atoms with E-state index in [1.54, 1.807) is 12.4 Å². The largest absolute Gasteiger partial charge is 0.478 e. The number of aryl methyl sites for hydroxylation is 1. The molecule has 21 heavy (non-hydrogen) atoms. The molecule has 1 rings (SSSR count). The Bertz CT molecular complexity index is 589. The van der Waals surface area contributed by atoms with Crippen molar-refractivity contribution >= 4 is 17.9 Å². The maximum absolute atomic E-state index is 11.6. The van der Waals surface area contributed by atoms with E-state index in [0.29, 0.717) is 13.0 Å². The third-order valence-electron chi connectivity index (χ3n) is 3.01. The summed E-state index contributed by atoms with van der Waals surface area (Å²) in [5.74, 6) is -1.12. The number of carboxylic acids is 1. The molecule has 0 unspecified atom stereocenters. The highest BCUT2D eigenvalue weighted by Crippen LogP contribution is 2.03. The van der Waals surface area contributed by atoms with Crippen LogP contribution in [0.3, 0.4) is 0 Å². The van der Waals surface area contributed by atoms with Gasteiger partial charge >= 0.3 is 12.0 Å². The molecule has 0 saturated heterocycles. The molecule has 0 aliphatic rings. The van der Waals surface area contributed by atoms with E-state index in [4.69, 9.17) is 5.11 Å². The molecule has 1 aromatic rings. The highest BCUT2D eigenvalue weighted by molar-refractivity contribution is 6.07. The first-order valence-corrected chi connectivity index (χ1v) is 6.29. The van der Waals surface area contributed by atoms with Gasteiger partial charge in [0.25, 0.3) is 5.91 Å². The average Bonchev–Trinajstić information content (AvgIpc) is 2.82. The van der Waals surface area contributed by atoms with Gasteiger partial charge in [0.05, 0.1) is 0 Å². The molecule has 8 heteroatoms. The fourth-order valence-corrected chi connectivity index (χ4v) is 1.50. The average molecular weight is 294 g/mol. The summed E-state index contributed by atoms with van der Waals surface area (Å²) in [4.78, 5) is 38.0. The number of hydrogen-bond acceptors (Lipinski definition) is 4. The molecule has 0 fully saturated rings. The lowest BCUT2D eigenvalue weighted by molar-refractivity contribution is -0.133. The SMILES string of the molecule is CC(C(=O)O)=C(C)C(=O)NC(=O)NCCc1nccn1C. The van der Waals surface area contributed by atoms with Crippen molar-refractivity contribution in [1.82, 2.24) is 20.2 Å². The van der Waals surface area contributed by atoms with Crippen LogP contribution in [-0.4, -0.2) is 39.1 Å². The number of urea groups is 1. The normalized spacial score (nSPS) is 11.6. The summed E-state index contributed by atoms with van der Waals surface area (Å²) in [6, 6.07) is -0.674. The molecule has 0 aliphatic heterocycles. The number of carboxylic acid groups (broad SMARTS) is 1. The van der Waals surface area contributed by atoms with Gasteiger partial charge in [-0.15, -0.1) is 0 Å². The topological polar surface area (TPSA) is 113 Å². The third kappa shape index (κ3) is 4.75. The van der Waals surface area contributed by atoms with Gasteiger partial charge in [-0.25, -0.2) is 14.6 Å². The number of hydrogen-bond donors (Lipinski definition) is 3. The van der Waals surface area contributed by atoms with E-state index in [0.717, 1.165) is 5.82 Å². The van der Waals surface area contributed by atoms with Crippen molar-refractivity contribution in [2.45, 2.75) is 20.3 Å². The van der Waals surface area contributed by atoms with Crippen LogP contribution in [0.15, 0.2) is 23.5 Å². The Hall–Kier alpha value is -2.64. The summed E-state index contributed by atoms with van der Waals surface area (Å²) < 4.78 is 1.83. The van der Waals surface area contributed by atoms with Gasteiger partial charge in [0.15, 0.2) is 0 Å². The van der Waals surface area contributed by atoms with Gasteiger partial charge in [-0.3, -0.25) is 10.1 Å². The zero-order chi connectivity index (χ0) is 16.0. The van der Waals surface area contributed by atoms with Crippen molar-refractivity contribution in [3.8, 4) is 0 Å². The summed E-state index contributed by atoms with van der Waals surface area (Å²) in [6.07, 6.45) is 3.97. The quantitative estimate of drug-likeness (QED) is 0.672. The fourth-order valence-electron chi connectivity index (χ4n) is 1.50. The molecule has 1 aromatic heterocycles. The first-order valence-electron chi connectivity index (χ1n) is 6.29. The van der Waals surface area contributed by atoms with Gasteiger partial charge in [0.1, 0.15) is 5.82 Å². The Balaban J connectivity index is 2.44. The maximum atomic E-state index is 11.6. The molecular formula is C13H18N4O4. The molecule has 0 saturated carbocycles. The standard InChI is InChI=1S/C13H18N4O4/c1-8(9(2)12(19)20)11(18)16-13(21)15-5-4-10-14-6-7-17(10)3/h6-7H,4-5H2,1-3H3,(H,19,20)(H2,15,16,18,21). The molecule has 3 amide bonds. The van der Waals surface area contributed by atoms with E-state index in [1.807, 2.05) is 11.6 Å². The van der Waals surface area contributed by atoms with Crippen LogP contribution in [-0.2, 0) is 23.1 Å². The molecule has 114 valence electrons. The number of imidazole rings is 1. The Labute approximate surface area is 121 Å². The van der Waals surface area contributed by atoms with E-state index in [9.17, 15) is 14.4 Å². The van der Waals surface area contributed by atoms with Crippen LogP contribution in [0.1, 0.15) is 19.7 Å². The monoisotopic (exact) mass is 294 g/mol. The molecule has 0 bridgehead atoms. The van der Waals surface area contributed by atoms with Crippen LogP contribution in [0.4, 0.5) is 4.79 Å². The highest BCUT2D eigenvalue weighted by Gasteiger charge is 2.14. The number of aromatic nitrogens is 2. The lowest BCUT2D eigenvalue weighted by atomic mass is 10.1. The van der Waals surface area contributed by atoms with Crippen molar-refractivity contribution in [1.29, 1.82) is 0 Å². The first kappa shape index (κ1) is 16.4. The molecular weight excluding hydrogens is 276 g/mol. The van der Waals surface area contributed by atoms with Crippen molar-refractivity contribution in [3.63, 3.8) is 0 Å². The van der Waals surface area contributed by atoms with Crippen molar-refractivity contribution in [2.75, 3.05) is 6.54 Å². The molecule has 3 N–H and O–H groups in total. The summed E-state index contributed by atoms with van der Waals surface area (Å²) in [5, 5.41) is 13.3. The third-order valence-corrected chi connectivity index (χ3v) is 3.01. The lowest BCUT2D eigenvalue weighted by Crippen LogP contribution is -2.41. The van der Waals surface area contributed by atoms with Crippen molar-refractivity contribution in [3.05, 3.63) is 29.4 Å². The van der Waals surface area contributed by atoms with Crippen molar-refractivity contribution < 1.29 is 19.5 Å². The van der Waals surface area contributed by atoms with Gasteiger partial charge in [-0.1, -0.05) is 0 Å². The lowest BCUT2D eigenvalue weighted by Gasteiger charge is -2.08. The molecule has 1 heterocycles. The van der Waals surface area contributed by atoms with Gasteiger partial charge in [-0.2, -0.15) is 0 Å². The van der Waals surface area contributed by atoms with E-state index in [1.165, 1.54) is 13.8 Å². The fraction of sp³-hybridized carbons (Fsp3) is 0.385. The Kier molecular flexibility index (Phi) is 5.65. The van der Waals surface area contributed by atoms with Crippen LogP contribution in [0.2, 0.25) is 0 Å². The maximum Gasteiger partial charge on any atom is 0.331 e. The number of imide groups is 1. The number of carbonyl (C=O) groups excluding carboxylic acids is 2.